The molecule has 0 unspecified atom stereocenters. The molecule has 1 fully saturated rings. The topological polar surface area (TPSA) is 72.9 Å². The number of methoxy groups -OCH3 is 1. The molecule has 2 rings (SSSR count). The second kappa shape index (κ2) is 6.42. The zero-order valence-corrected chi connectivity index (χ0v) is 11.6. The molecule has 1 aromatic rings. The number of hydrogen-bond acceptors (Lipinski definition) is 6. The van der Waals surface area contributed by atoms with Gasteiger partial charge in [0.15, 0.2) is 0 Å². The molecule has 6 nitrogen and oxygen atoms in total. The van der Waals surface area contributed by atoms with E-state index in [0.717, 1.165) is 22.2 Å². The molecule has 0 saturated carbocycles. The van der Waals surface area contributed by atoms with Gasteiger partial charge in [0.2, 0.25) is 5.91 Å². The Morgan fingerprint density at radius 1 is 1.30 bits per heavy atom. The maximum absolute atomic E-state index is 11.6. The van der Waals surface area contributed by atoms with E-state index >= 15 is 0 Å². The summed E-state index contributed by atoms with van der Waals surface area (Å²) >= 11 is 0.890. The molecular weight excluding hydrogens is 282 g/mol. The van der Waals surface area contributed by atoms with Gasteiger partial charge in [-0.15, -0.1) is 0 Å². The highest BCUT2D eigenvalue weighted by Gasteiger charge is 2.31. The third-order valence-corrected chi connectivity index (χ3v) is 3.55. The molecule has 0 bridgehead atoms. The Balaban J connectivity index is 1.82. The van der Waals surface area contributed by atoms with Crippen LogP contribution in [0.25, 0.3) is 0 Å². The summed E-state index contributed by atoms with van der Waals surface area (Å²) in [4.78, 5) is 35.1. The zero-order chi connectivity index (χ0) is 14.5. The van der Waals surface area contributed by atoms with Crippen LogP contribution in [0.15, 0.2) is 24.3 Å². The molecule has 0 spiro atoms. The Morgan fingerprint density at radius 2 is 2.00 bits per heavy atom. The number of thioether (sulfide) groups is 1. The Labute approximate surface area is 120 Å². The van der Waals surface area contributed by atoms with Crippen LogP contribution in [-0.2, 0) is 20.9 Å². The molecule has 1 saturated heterocycles. The Kier molecular flexibility index (Phi) is 4.62. The number of esters is 1. The maximum atomic E-state index is 11.6. The molecular formula is C13H13NO5S. The predicted octanol–water partition coefficient (Wildman–Crippen LogP) is 1.43. The second-order valence-electron chi connectivity index (χ2n) is 4.04. The van der Waals surface area contributed by atoms with Crippen LogP contribution in [0, 0.1) is 0 Å². The van der Waals surface area contributed by atoms with Gasteiger partial charge in [-0.3, -0.25) is 19.3 Å². The summed E-state index contributed by atoms with van der Waals surface area (Å²) in [6, 6.07) is 7.06. The molecule has 0 aliphatic carbocycles. The number of amides is 2. The largest absolute Gasteiger partial charge is 0.497 e. The standard InChI is InChI=1S/C13H13NO5S/c1-18-10-4-2-9(3-5-10)7-19-12(16)6-14-11(15)8-20-13(14)17/h2-5H,6-8H2,1H3. The molecule has 106 valence electrons. The highest BCUT2D eigenvalue weighted by molar-refractivity contribution is 8.14. The van der Waals surface area contributed by atoms with Crippen molar-refractivity contribution in [3.8, 4) is 5.75 Å². The van der Waals surface area contributed by atoms with Crippen LogP contribution in [0.5, 0.6) is 5.75 Å². The SMILES string of the molecule is COc1ccc(COC(=O)CN2C(=O)CSC2=O)cc1. The molecule has 1 heterocycles. The van der Waals surface area contributed by atoms with Gasteiger partial charge in [-0.2, -0.15) is 0 Å². The minimum atomic E-state index is -0.606. The van der Waals surface area contributed by atoms with Crippen molar-refractivity contribution >= 4 is 28.9 Å². The van der Waals surface area contributed by atoms with Crippen molar-refractivity contribution in [3.05, 3.63) is 29.8 Å². The first-order valence-corrected chi connectivity index (χ1v) is 6.84. The molecule has 7 heteroatoms. The fourth-order valence-corrected chi connectivity index (χ4v) is 2.32. The first kappa shape index (κ1) is 14.4. The van der Waals surface area contributed by atoms with Crippen LogP contribution >= 0.6 is 11.8 Å². The Morgan fingerprint density at radius 3 is 2.55 bits per heavy atom. The van der Waals surface area contributed by atoms with Crippen molar-refractivity contribution in [2.45, 2.75) is 6.61 Å². The molecule has 1 aromatic carbocycles. The summed E-state index contributed by atoms with van der Waals surface area (Å²) in [5.74, 6) is -0.165. The lowest BCUT2D eigenvalue weighted by molar-refractivity contribution is -0.147. The van der Waals surface area contributed by atoms with E-state index in [0.29, 0.717) is 5.75 Å². The average Bonchev–Trinajstić information content (AvgIpc) is 2.77. The summed E-state index contributed by atoms with van der Waals surface area (Å²) < 4.78 is 10.0. The number of nitrogens with zero attached hydrogens (tertiary/aromatic N) is 1. The third-order valence-electron chi connectivity index (χ3n) is 2.69. The van der Waals surface area contributed by atoms with Crippen LogP contribution in [0.3, 0.4) is 0 Å². The third kappa shape index (κ3) is 3.51. The summed E-state index contributed by atoms with van der Waals surface area (Å²) in [5, 5.41) is -0.406. The fourth-order valence-electron chi connectivity index (χ4n) is 1.59. The summed E-state index contributed by atoms with van der Waals surface area (Å²) in [6.07, 6.45) is 0. The van der Waals surface area contributed by atoms with Gasteiger partial charge in [0.25, 0.3) is 5.24 Å². The van der Waals surface area contributed by atoms with E-state index in [1.54, 1.807) is 31.4 Å². The lowest BCUT2D eigenvalue weighted by Crippen LogP contribution is -2.34. The quantitative estimate of drug-likeness (QED) is 0.765. The minimum Gasteiger partial charge on any atom is -0.497 e. The van der Waals surface area contributed by atoms with Crippen molar-refractivity contribution in [1.29, 1.82) is 0 Å². The minimum absolute atomic E-state index is 0.0879. The predicted molar refractivity (Wildman–Crippen MR) is 72.4 cm³/mol. The van der Waals surface area contributed by atoms with Crippen molar-refractivity contribution in [2.75, 3.05) is 19.4 Å². The van der Waals surface area contributed by atoms with Crippen LogP contribution < -0.4 is 4.74 Å². The fraction of sp³-hybridized carbons (Fsp3) is 0.308. The number of benzene rings is 1. The molecule has 0 atom stereocenters. The van der Waals surface area contributed by atoms with E-state index in [2.05, 4.69) is 0 Å². The van der Waals surface area contributed by atoms with E-state index in [1.165, 1.54) is 0 Å². The van der Waals surface area contributed by atoms with Crippen molar-refractivity contribution in [1.82, 2.24) is 4.90 Å². The van der Waals surface area contributed by atoms with Crippen LogP contribution in [-0.4, -0.2) is 41.4 Å². The van der Waals surface area contributed by atoms with Gasteiger partial charge in [-0.25, -0.2) is 0 Å². The number of imide groups is 1. The Hall–Kier alpha value is -2.02. The van der Waals surface area contributed by atoms with E-state index in [1.807, 2.05) is 0 Å². The summed E-state index contributed by atoms with van der Waals surface area (Å²) in [5.41, 5.74) is 0.799. The summed E-state index contributed by atoms with van der Waals surface area (Å²) in [6.45, 7) is -0.243. The first-order valence-electron chi connectivity index (χ1n) is 5.86. The number of rotatable bonds is 5. The van der Waals surface area contributed by atoms with Gasteiger partial charge in [-0.1, -0.05) is 23.9 Å². The van der Waals surface area contributed by atoms with Gasteiger partial charge in [0.1, 0.15) is 18.9 Å². The highest BCUT2D eigenvalue weighted by Crippen LogP contribution is 2.18. The molecule has 1 aliphatic rings. The van der Waals surface area contributed by atoms with Gasteiger partial charge in [0.05, 0.1) is 12.9 Å². The molecule has 0 N–H and O–H groups in total. The Bertz CT molecular complexity index is 512. The van der Waals surface area contributed by atoms with E-state index in [-0.39, 0.29) is 24.8 Å². The highest BCUT2D eigenvalue weighted by atomic mass is 32.2. The van der Waals surface area contributed by atoms with Crippen molar-refractivity contribution in [3.63, 3.8) is 0 Å². The monoisotopic (exact) mass is 295 g/mol. The maximum Gasteiger partial charge on any atom is 0.326 e. The van der Waals surface area contributed by atoms with Gasteiger partial charge in [0, 0.05) is 0 Å². The molecule has 1 aliphatic heterocycles. The number of carbonyl (C=O) groups excluding carboxylic acids is 3. The lowest BCUT2D eigenvalue weighted by Gasteiger charge is -2.12. The average molecular weight is 295 g/mol. The zero-order valence-electron chi connectivity index (χ0n) is 10.8. The van der Waals surface area contributed by atoms with Gasteiger partial charge in [-0.05, 0) is 17.7 Å². The van der Waals surface area contributed by atoms with Crippen LogP contribution in [0.2, 0.25) is 0 Å². The van der Waals surface area contributed by atoms with Gasteiger partial charge >= 0.3 is 5.97 Å². The number of hydrogen-bond donors (Lipinski definition) is 0. The van der Waals surface area contributed by atoms with Crippen LogP contribution in [0.1, 0.15) is 5.56 Å². The number of ether oxygens (including phenoxy) is 2. The van der Waals surface area contributed by atoms with Gasteiger partial charge < -0.3 is 9.47 Å². The molecule has 0 aromatic heterocycles. The van der Waals surface area contributed by atoms with Crippen molar-refractivity contribution in [2.24, 2.45) is 0 Å². The first-order chi connectivity index (χ1) is 9.60. The smallest absolute Gasteiger partial charge is 0.326 e. The number of carbonyl (C=O) groups is 3. The van der Waals surface area contributed by atoms with E-state index in [9.17, 15) is 14.4 Å². The molecule has 20 heavy (non-hydrogen) atoms. The summed E-state index contributed by atoms with van der Waals surface area (Å²) in [7, 11) is 1.57. The van der Waals surface area contributed by atoms with Crippen molar-refractivity contribution < 1.29 is 23.9 Å². The molecule has 0 radical (unpaired) electrons. The molecule has 2 amide bonds. The van der Waals surface area contributed by atoms with E-state index in [4.69, 9.17) is 9.47 Å². The van der Waals surface area contributed by atoms with Crippen LogP contribution in [0.4, 0.5) is 4.79 Å². The lowest BCUT2D eigenvalue weighted by atomic mass is 10.2. The normalized spacial score (nSPS) is 14.6. The second-order valence-corrected chi connectivity index (χ2v) is 4.97. The van der Waals surface area contributed by atoms with E-state index < -0.39 is 11.2 Å².